The van der Waals surface area contributed by atoms with Crippen LogP contribution >= 0.6 is 0 Å². The summed E-state index contributed by atoms with van der Waals surface area (Å²) in [6, 6.07) is 0. The molecule has 0 aromatic heterocycles. The van der Waals surface area contributed by atoms with Gasteiger partial charge in [0.2, 0.25) is 0 Å². The number of rotatable bonds is 2. The van der Waals surface area contributed by atoms with Gasteiger partial charge in [-0.2, -0.15) is 0 Å². The lowest BCUT2D eigenvalue weighted by Gasteiger charge is -2.31. The van der Waals surface area contributed by atoms with E-state index < -0.39 is 0 Å². The van der Waals surface area contributed by atoms with Gasteiger partial charge in [-0.15, -0.1) is 0 Å². The average molecular weight is 166 g/mol. The van der Waals surface area contributed by atoms with Gasteiger partial charge in [0.15, 0.2) is 0 Å². The predicted octanol–water partition coefficient (Wildman–Crippen LogP) is 3.86. The topological polar surface area (TPSA) is 0 Å². The van der Waals surface area contributed by atoms with E-state index in [-0.39, 0.29) is 0 Å². The molecule has 0 bridgehead atoms. The summed E-state index contributed by atoms with van der Waals surface area (Å²) < 4.78 is 0. The zero-order valence-corrected chi connectivity index (χ0v) is 8.55. The van der Waals surface area contributed by atoms with Crippen LogP contribution in [0.4, 0.5) is 0 Å². The molecule has 0 aliphatic heterocycles. The largest absolute Gasteiger partial charge is 0.0625 e. The van der Waals surface area contributed by atoms with Gasteiger partial charge in [-0.05, 0) is 42.9 Å². The van der Waals surface area contributed by atoms with Crippen molar-refractivity contribution in [2.45, 2.75) is 52.4 Å². The van der Waals surface area contributed by atoms with E-state index in [9.17, 15) is 0 Å². The normalized spacial score (nSPS) is 37.2. The smallest absolute Gasteiger partial charge is 0.0383 e. The minimum atomic E-state index is 0.940. The summed E-state index contributed by atoms with van der Waals surface area (Å²) in [6.07, 6.45) is 9.26. The fourth-order valence-corrected chi connectivity index (χ4v) is 3.00. The van der Waals surface area contributed by atoms with Gasteiger partial charge in [0, 0.05) is 0 Å². The third-order valence-electron chi connectivity index (χ3n) is 4.27. The minimum Gasteiger partial charge on any atom is -0.0625 e. The lowest BCUT2D eigenvalue weighted by molar-refractivity contribution is 0.200. The summed E-state index contributed by atoms with van der Waals surface area (Å²) in [7, 11) is 0. The molecular weight excluding hydrogens is 144 g/mol. The van der Waals surface area contributed by atoms with E-state index in [4.69, 9.17) is 0 Å². The summed E-state index contributed by atoms with van der Waals surface area (Å²) >= 11 is 0. The molecule has 0 heterocycles. The van der Waals surface area contributed by atoms with Crippen LogP contribution in [-0.4, -0.2) is 0 Å². The Bertz CT molecular complexity index is 144. The Morgan fingerprint density at radius 3 is 2.08 bits per heavy atom. The van der Waals surface area contributed by atoms with Crippen LogP contribution < -0.4 is 0 Å². The average Bonchev–Trinajstić information content (AvgIpc) is 2.32. The van der Waals surface area contributed by atoms with Crippen molar-refractivity contribution >= 4 is 0 Å². The molecule has 0 saturated heterocycles. The molecular formula is C12H22. The van der Waals surface area contributed by atoms with Gasteiger partial charge in [-0.1, -0.05) is 33.1 Å². The first-order valence-corrected chi connectivity index (χ1v) is 5.77. The van der Waals surface area contributed by atoms with Crippen molar-refractivity contribution in [1.29, 1.82) is 0 Å². The van der Waals surface area contributed by atoms with Crippen LogP contribution in [0, 0.1) is 23.7 Å². The highest BCUT2D eigenvalue weighted by molar-refractivity contribution is 4.85. The Morgan fingerprint density at radius 1 is 0.917 bits per heavy atom. The van der Waals surface area contributed by atoms with Crippen LogP contribution in [0.2, 0.25) is 0 Å². The van der Waals surface area contributed by atoms with Gasteiger partial charge in [0.25, 0.3) is 0 Å². The van der Waals surface area contributed by atoms with Crippen molar-refractivity contribution in [3.63, 3.8) is 0 Å². The quantitative estimate of drug-likeness (QED) is 0.584. The second-order valence-corrected chi connectivity index (χ2v) is 5.27. The van der Waals surface area contributed by atoms with Gasteiger partial charge >= 0.3 is 0 Å². The molecule has 0 heteroatoms. The third-order valence-corrected chi connectivity index (χ3v) is 4.27. The van der Waals surface area contributed by atoms with Crippen LogP contribution in [0.3, 0.4) is 0 Å². The van der Waals surface area contributed by atoms with E-state index in [2.05, 4.69) is 13.8 Å². The second-order valence-electron chi connectivity index (χ2n) is 5.27. The highest BCUT2D eigenvalue weighted by atomic mass is 14.4. The zero-order valence-electron chi connectivity index (χ0n) is 8.55. The summed E-state index contributed by atoms with van der Waals surface area (Å²) in [5, 5.41) is 0. The van der Waals surface area contributed by atoms with Crippen LogP contribution in [-0.2, 0) is 0 Å². The van der Waals surface area contributed by atoms with Crippen LogP contribution in [0.25, 0.3) is 0 Å². The monoisotopic (exact) mass is 166 g/mol. The fourth-order valence-electron chi connectivity index (χ4n) is 3.00. The first-order chi connectivity index (χ1) is 5.77. The van der Waals surface area contributed by atoms with Crippen molar-refractivity contribution in [2.24, 2.45) is 23.7 Å². The van der Waals surface area contributed by atoms with Gasteiger partial charge in [-0.25, -0.2) is 0 Å². The molecule has 2 aliphatic rings. The SMILES string of the molecule is CC(C)C1CCC(C2CCC2)C1. The Labute approximate surface area is 76.7 Å². The lowest BCUT2D eigenvalue weighted by Crippen LogP contribution is -2.20. The first kappa shape index (κ1) is 8.59. The van der Waals surface area contributed by atoms with E-state index in [0.29, 0.717) is 0 Å². The third kappa shape index (κ3) is 1.53. The van der Waals surface area contributed by atoms with Crippen LogP contribution in [0.5, 0.6) is 0 Å². The molecule has 0 aromatic rings. The molecule has 2 atom stereocenters. The van der Waals surface area contributed by atoms with Crippen LogP contribution in [0.15, 0.2) is 0 Å². The second kappa shape index (κ2) is 3.40. The maximum atomic E-state index is 2.40. The fraction of sp³-hybridized carbons (Fsp3) is 1.00. The Balaban J connectivity index is 1.81. The molecule has 0 N–H and O–H groups in total. The van der Waals surface area contributed by atoms with Crippen LogP contribution in [0.1, 0.15) is 52.4 Å². The highest BCUT2D eigenvalue weighted by Crippen LogP contribution is 2.45. The molecule has 0 amide bonds. The van der Waals surface area contributed by atoms with Crippen molar-refractivity contribution in [1.82, 2.24) is 0 Å². The van der Waals surface area contributed by atoms with E-state index in [1.54, 1.807) is 25.7 Å². The van der Waals surface area contributed by atoms with Crippen molar-refractivity contribution in [2.75, 3.05) is 0 Å². The number of hydrogen-bond acceptors (Lipinski definition) is 0. The summed E-state index contributed by atoms with van der Waals surface area (Å²) in [5.74, 6) is 4.28. The minimum absolute atomic E-state index is 0.940. The van der Waals surface area contributed by atoms with Gasteiger partial charge in [0.05, 0.1) is 0 Å². The standard InChI is InChI=1S/C12H22/c1-9(2)11-6-7-12(8-11)10-4-3-5-10/h9-12H,3-8H2,1-2H3. The Morgan fingerprint density at radius 2 is 1.67 bits per heavy atom. The molecule has 70 valence electrons. The molecule has 2 saturated carbocycles. The van der Waals surface area contributed by atoms with Gasteiger partial charge < -0.3 is 0 Å². The lowest BCUT2D eigenvalue weighted by atomic mass is 9.74. The molecule has 12 heavy (non-hydrogen) atoms. The van der Waals surface area contributed by atoms with E-state index >= 15 is 0 Å². The van der Waals surface area contributed by atoms with E-state index in [1.165, 1.54) is 12.8 Å². The molecule has 2 rings (SSSR count). The van der Waals surface area contributed by atoms with Crippen molar-refractivity contribution in [3.8, 4) is 0 Å². The molecule has 2 aliphatic carbocycles. The molecule has 0 aromatic carbocycles. The van der Waals surface area contributed by atoms with Crippen molar-refractivity contribution < 1.29 is 0 Å². The number of hydrogen-bond donors (Lipinski definition) is 0. The van der Waals surface area contributed by atoms with Gasteiger partial charge in [0.1, 0.15) is 0 Å². The maximum absolute atomic E-state index is 2.40. The van der Waals surface area contributed by atoms with Crippen molar-refractivity contribution in [3.05, 3.63) is 0 Å². The molecule has 0 spiro atoms. The summed E-state index contributed by atoms with van der Waals surface area (Å²) in [4.78, 5) is 0. The molecule has 0 nitrogen and oxygen atoms in total. The predicted molar refractivity (Wildman–Crippen MR) is 53.0 cm³/mol. The molecule has 2 fully saturated rings. The summed E-state index contributed by atoms with van der Waals surface area (Å²) in [5.41, 5.74) is 0. The first-order valence-electron chi connectivity index (χ1n) is 5.77. The zero-order chi connectivity index (χ0) is 8.55. The Kier molecular flexibility index (Phi) is 2.43. The van der Waals surface area contributed by atoms with E-state index in [0.717, 1.165) is 23.7 Å². The summed E-state index contributed by atoms with van der Waals surface area (Å²) in [6.45, 7) is 4.79. The Hall–Kier alpha value is 0. The maximum Gasteiger partial charge on any atom is -0.0383 e. The molecule has 0 radical (unpaired) electrons. The molecule has 2 unspecified atom stereocenters. The van der Waals surface area contributed by atoms with E-state index in [1.807, 2.05) is 0 Å². The van der Waals surface area contributed by atoms with Gasteiger partial charge in [-0.3, -0.25) is 0 Å². The highest BCUT2D eigenvalue weighted by Gasteiger charge is 2.34.